The summed E-state index contributed by atoms with van der Waals surface area (Å²) in [6.07, 6.45) is -4.53. The van der Waals surface area contributed by atoms with Crippen LogP contribution in [0.4, 0.5) is 28.4 Å². The van der Waals surface area contributed by atoms with Crippen molar-refractivity contribution in [1.29, 1.82) is 0 Å². The van der Waals surface area contributed by atoms with Crippen LogP contribution in [0.1, 0.15) is 5.56 Å². The van der Waals surface area contributed by atoms with E-state index in [-0.39, 0.29) is 22.8 Å². The minimum absolute atomic E-state index is 0.0301. The van der Waals surface area contributed by atoms with Gasteiger partial charge in [-0.15, -0.1) is 14.1 Å². The number of anilines is 2. The maximum atomic E-state index is 13.3. The lowest BCUT2D eigenvalue weighted by Gasteiger charge is -2.13. The summed E-state index contributed by atoms with van der Waals surface area (Å²) in [7, 11) is -3.54. The number of nitrogens with one attached hydrogen (secondary N) is 1. The van der Waals surface area contributed by atoms with Crippen molar-refractivity contribution in [3.05, 3.63) is 48.0 Å². The van der Waals surface area contributed by atoms with Gasteiger partial charge in [0.1, 0.15) is 0 Å². The van der Waals surface area contributed by atoms with Gasteiger partial charge in [-0.05, 0) is 41.6 Å². The minimum Gasteiger partial charge on any atom is -0.355 e. The van der Waals surface area contributed by atoms with Crippen LogP contribution in [-0.4, -0.2) is 28.6 Å². The van der Waals surface area contributed by atoms with Crippen molar-refractivity contribution in [3.63, 3.8) is 0 Å². The average Bonchev–Trinajstić information content (AvgIpc) is 3.00. The molecular formula is C15H11F4N5O2S. The number of alkyl halides is 3. The molecule has 0 saturated carbocycles. The lowest BCUT2D eigenvalue weighted by atomic mass is 10.1. The SMILES string of the molecule is Cn1nnc(-c2cc(S(=O)(=O)F)ccc2Nc2cccc(C(F)(F)F)c2)n1. The highest BCUT2D eigenvalue weighted by Gasteiger charge is 2.30. The zero-order valence-electron chi connectivity index (χ0n) is 13.6. The fraction of sp³-hybridized carbons (Fsp3) is 0.133. The Labute approximate surface area is 150 Å². The summed E-state index contributed by atoms with van der Waals surface area (Å²) in [5.74, 6) is -0.0301. The topological polar surface area (TPSA) is 89.8 Å². The van der Waals surface area contributed by atoms with Gasteiger partial charge in [-0.3, -0.25) is 0 Å². The molecule has 0 aliphatic carbocycles. The van der Waals surface area contributed by atoms with E-state index in [1.165, 1.54) is 25.2 Å². The molecule has 0 radical (unpaired) electrons. The Bertz CT molecular complexity index is 1100. The van der Waals surface area contributed by atoms with Gasteiger partial charge in [0.2, 0.25) is 5.82 Å². The third-order valence-electron chi connectivity index (χ3n) is 3.49. The zero-order valence-corrected chi connectivity index (χ0v) is 14.4. The molecule has 142 valence electrons. The first-order valence-corrected chi connectivity index (χ1v) is 8.70. The Hall–Kier alpha value is -3.02. The molecule has 3 rings (SSSR count). The standard InChI is InChI=1S/C15H11F4N5O2S/c1-24-22-14(21-23-24)12-8-11(27(19,25)26)5-6-13(12)20-10-4-2-3-9(7-10)15(16,17)18/h2-8,20H,1H3. The van der Waals surface area contributed by atoms with Crippen LogP contribution in [0.25, 0.3) is 11.4 Å². The van der Waals surface area contributed by atoms with Crippen molar-refractivity contribution in [2.45, 2.75) is 11.1 Å². The molecule has 0 amide bonds. The quantitative estimate of drug-likeness (QED) is 0.533. The summed E-state index contributed by atoms with van der Waals surface area (Å²) >= 11 is 0. The maximum Gasteiger partial charge on any atom is 0.416 e. The fourth-order valence-corrected chi connectivity index (χ4v) is 2.78. The first kappa shape index (κ1) is 18.8. The van der Waals surface area contributed by atoms with E-state index in [0.29, 0.717) is 0 Å². The Morgan fingerprint density at radius 3 is 2.44 bits per heavy atom. The third kappa shape index (κ3) is 4.22. The first-order chi connectivity index (χ1) is 12.5. The van der Waals surface area contributed by atoms with Crippen LogP contribution in [0.5, 0.6) is 0 Å². The summed E-state index contributed by atoms with van der Waals surface area (Å²) in [6.45, 7) is 0. The number of hydrogen-bond donors (Lipinski definition) is 1. The molecule has 7 nitrogen and oxygen atoms in total. The van der Waals surface area contributed by atoms with Crippen LogP contribution in [0.3, 0.4) is 0 Å². The lowest BCUT2D eigenvalue weighted by molar-refractivity contribution is -0.137. The molecule has 0 saturated heterocycles. The summed E-state index contributed by atoms with van der Waals surface area (Å²) in [4.78, 5) is 0.458. The van der Waals surface area contributed by atoms with Gasteiger partial charge < -0.3 is 5.32 Å². The highest BCUT2D eigenvalue weighted by molar-refractivity contribution is 7.86. The Balaban J connectivity index is 2.08. The lowest BCUT2D eigenvalue weighted by Crippen LogP contribution is -2.05. The predicted molar refractivity (Wildman–Crippen MR) is 87.3 cm³/mol. The van der Waals surface area contributed by atoms with E-state index in [1.54, 1.807) is 0 Å². The summed E-state index contributed by atoms with van der Waals surface area (Å²) in [5.41, 5.74) is -0.547. The second kappa shape index (κ2) is 6.61. The number of nitrogens with zero attached hydrogens (tertiary/aromatic N) is 4. The van der Waals surface area contributed by atoms with Gasteiger partial charge in [-0.1, -0.05) is 6.07 Å². The number of aromatic nitrogens is 4. The molecule has 0 bridgehead atoms. The third-order valence-corrected chi connectivity index (χ3v) is 4.31. The van der Waals surface area contributed by atoms with Gasteiger partial charge in [-0.2, -0.15) is 26.4 Å². The highest BCUT2D eigenvalue weighted by Crippen LogP contribution is 2.34. The number of aryl methyl sites for hydroxylation is 1. The van der Waals surface area contributed by atoms with Crippen LogP contribution in [0, 0.1) is 0 Å². The highest BCUT2D eigenvalue weighted by atomic mass is 32.3. The average molecular weight is 401 g/mol. The molecule has 0 aliphatic rings. The molecular weight excluding hydrogens is 390 g/mol. The van der Waals surface area contributed by atoms with E-state index >= 15 is 0 Å². The van der Waals surface area contributed by atoms with Crippen LogP contribution in [0.2, 0.25) is 0 Å². The van der Waals surface area contributed by atoms with E-state index in [1.807, 2.05) is 0 Å². The molecule has 1 heterocycles. The fourth-order valence-electron chi connectivity index (χ4n) is 2.29. The summed E-state index contributed by atoms with van der Waals surface area (Å²) in [5, 5.41) is 14.0. The maximum absolute atomic E-state index is 13.3. The molecule has 1 aromatic heterocycles. The van der Waals surface area contributed by atoms with E-state index in [2.05, 4.69) is 20.7 Å². The van der Waals surface area contributed by atoms with Crippen molar-refractivity contribution in [1.82, 2.24) is 20.2 Å². The monoisotopic (exact) mass is 401 g/mol. The van der Waals surface area contributed by atoms with E-state index in [4.69, 9.17) is 0 Å². The molecule has 12 heteroatoms. The molecule has 0 spiro atoms. The van der Waals surface area contributed by atoms with Crippen molar-refractivity contribution in [2.75, 3.05) is 5.32 Å². The Morgan fingerprint density at radius 2 is 1.85 bits per heavy atom. The Morgan fingerprint density at radius 1 is 1.11 bits per heavy atom. The van der Waals surface area contributed by atoms with Crippen LogP contribution in [0.15, 0.2) is 47.4 Å². The summed E-state index contributed by atoms with van der Waals surface area (Å²) < 4.78 is 74.3. The van der Waals surface area contributed by atoms with Crippen LogP contribution >= 0.6 is 0 Å². The summed E-state index contributed by atoms with van der Waals surface area (Å²) in [6, 6.07) is 7.56. The molecule has 0 aliphatic heterocycles. The van der Waals surface area contributed by atoms with Gasteiger partial charge in [0, 0.05) is 16.9 Å². The van der Waals surface area contributed by atoms with E-state index < -0.39 is 26.9 Å². The van der Waals surface area contributed by atoms with Gasteiger partial charge in [0.25, 0.3) is 0 Å². The molecule has 0 fully saturated rings. The smallest absolute Gasteiger partial charge is 0.355 e. The van der Waals surface area contributed by atoms with Gasteiger partial charge >= 0.3 is 16.4 Å². The number of benzene rings is 2. The minimum atomic E-state index is -5.00. The predicted octanol–water partition coefficient (Wildman–Crippen LogP) is 3.30. The van der Waals surface area contributed by atoms with E-state index in [9.17, 15) is 25.5 Å². The zero-order chi connectivity index (χ0) is 19.8. The van der Waals surface area contributed by atoms with Gasteiger partial charge in [0.05, 0.1) is 17.5 Å². The molecule has 3 aromatic rings. The van der Waals surface area contributed by atoms with Crippen molar-refractivity contribution in [3.8, 4) is 11.4 Å². The van der Waals surface area contributed by atoms with Gasteiger partial charge in [0.15, 0.2) is 0 Å². The number of rotatable bonds is 4. The molecule has 1 N–H and O–H groups in total. The molecule has 27 heavy (non-hydrogen) atoms. The second-order valence-electron chi connectivity index (χ2n) is 5.45. The van der Waals surface area contributed by atoms with Crippen LogP contribution < -0.4 is 5.32 Å². The van der Waals surface area contributed by atoms with Crippen molar-refractivity contribution >= 4 is 21.6 Å². The van der Waals surface area contributed by atoms with Crippen molar-refractivity contribution in [2.24, 2.45) is 7.05 Å². The normalized spacial score (nSPS) is 12.2. The Kier molecular flexibility index (Phi) is 4.59. The second-order valence-corrected chi connectivity index (χ2v) is 6.80. The van der Waals surface area contributed by atoms with Gasteiger partial charge in [-0.25, -0.2) is 0 Å². The first-order valence-electron chi connectivity index (χ1n) is 7.31. The number of tetrazole rings is 1. The molecule has 2 aromatic carbocycles. The molecule has 0 atom stereocenters. The van der Waals surface area contributed by atoms with E-state index in [0.717, 1.165) is 29.1 Å². The van der Waals surface area contributed by atoms with Crippen LogP contribution in [-0.2, 0) is 23.4 Å². The largest absolute Gasteiger partial charge is 0.416 e. The van der Waals surface area contributed by atoms with Crippen molar-refractivity contribution < 1.29 is 25.5 Å². The number of hydrogen-bond acceptors (Lipinski definition) is 6. The number of halogens is 4. The molecule has 0 unspecified atom stereocenters.